The minimum Gasteiger partial charge on any atom is -0.437 e. The molecule has 0 N–H and O–H groups in total. The number of hydrogen-bond acceptors (Lipinski definition) is 6. The number of carbonyl (C=O) groups is 2. The van der Waals surface area contributed by atoms with Crippen LogP contribution in [0.1, 0.15) is 43.9 Å². The largest absolute Gasteiger partial charge is 0.437 e. The molecule has 0 aromatic carbocycles. The van der Waals surface area contributed by atoms with Gasteiger partial charge in [-0.15, -0.1) is 0 Å². The fourth-order valence-electron chi connectivity index (χ4n) is 2.13. The average Bonchev–Trinajstić information content (AvgIpc) is 2.84. The zero-order valence-electron chi connectivity index (χ0n) is 11.8. The van der Waals surface area contributed by atoms with Gasteiger partial charge in [0.1, 0.15) is 5.78 Å². The van der Waals surface area contributed by atoms with Crippen LogP contribution in [0.15, 0.2) is 6.07 Å². The first-order valence-electron chi connectivity index (χ1n) is 6.90. The lowest BCUT2D eigenvalue weighted by atomic mass is 9.88. The van der Waals surface area contributed by atoms with Gasteiger partial charge in [0.15, 0.2) is 0 Å². The van der Waals surface area contributed by atoms with Crippen molar-refractivity contribution in [3.63, 3.8) is 0 Å². The van der Waals surface area contributed by atoms with Crippen molar-refractivity contribution >= 4 is 23.3 Å². The number of ketones is 1. The number of ether oxygens (including phenoxy) is 2. The topological polar surface area (TPSA) is 65.5 Å². The third kappa shape index (κ3) is 4.03. The lowest BCUT2D eigenvalue weighted by Crippen LogP contribution is -2.30. The Labute approximate surface area is 122 Å². The van der Waals surface area contributed by atoms with Crippen LogP contribution in [0.2, 0.25) is 0 Å². The molecule has 1 aliphatic rings. The minimum absolute atomic E-state index is 0.178. The zero-order valence-corrected chi connectivity index (χ0v) is 12.6. The number of rotatable bonds is 5. The molecule has 0 bridgehead atoms. The summed E-state index contributed by atoms with van der Waals surface area (Å²) in [5.74, 6) is 0.278. The molecule has 1 heterocycles. The van der Waals surface area contributed by atoms with E-state index < -0.39 is 6.29 Å². The Balaban J connectivity index is 1.86. The molecule has 1 aromatic heterocycles. The van der Waals surface area contributed by atoms with Gasteiger partial charge in [-0.2, -0.15) is 4.37 Å². The maximum atomic E-state index is 12.0. The highest BCUT2D eigenvalue weighted by atomic mass is 32.1. The first-order chi connectivity index (χ1) is 9.58. The van der Waals surface area contributed by atoms with E-state index in [4.69, 9.17) is 9.47 Å². The summed E-state index contributed by atoms with van der Waals surface area (Å²) in [6.07, 6.45) is 2.08. The molecule has 5 nitrogen and oxygen atoms in total. The molecule has 1 atom stereocenters. The highest BCUT2D eigenvalue weighted by Crippen LogP contribution is 2.24. The van der Waals surface area contributed by atoms with Crippen LogP contribution in [0.4, 0.5) is 0 Å². The number of Topliss-reactive ketones (excluding diaryl/α,β-unsaturated/α-hetero) is 1. The second-order valence-electron chi connectivity index (χ2n) is 4.98. The Hall–Kier alpha value is -1.43. The van der Waals surface area contributed by atoms with Crippen molar-refractivity contribution in [3.8, 4) is 5.88 Å². The van der Waals surface area contributed by atoms with Crippen LogP contribution in [0.25, 0.3) is 0 Å². The average molecular weight is 297 g/mol. The van der Waals surface area contributed by atoms with E-state index in [1.807, 2.05) is 19.9 Å². The Morgan fingerprint density at radius 1 is 1.50 bits per heavy atom. The van der Waals surface area contributed by atoms with E-state index in [-0.39, 0.29) is 17.7 Å². The molecule has 1 saturated carbocycles. The standard InChI is InChI=1S/C14H19NO4S/c1-3-13(18-12-8-9(2)20-15-12)19-14(17)10-4-6-11(16)7-5-10/h8,10,13H,3-7H2,1-2H3. The van der Waals surface area contributed by atoms with E-state index in [9.17, 15) is 9.59 Å². The molecule has 110 valence electrons. The van der Waals surface area contributed by atoms with E-state index in [1.165, 1.54) is 11.5 Å². The minimum atomic E-state index is -0.610. The van der Waals surface area contributed by atoms with E-state index >= 15 is 0 Å². The van der Waals surface area contributed by atoms with Crippen LogP contribution in [-0.2, 0) is 14.3 Å². The number of aromatic nitrogens is 1. The van der Waals surface area contributed by atoms with Crippen LogP contribution >= 0.6 is 11.5 Å². The van der Waals surface area contributed by atoms with E-state index in [0.717, 1.165) is 4.88 Å². The SMILES string of the molecule is CCC(OC(=O)C1CCC(=O)CC1)Oc1cc(C)sn1. The summed E-state index contributed by atoms with van der Waals surface area (Å²) in [6, 6.07) is 1.82. The number of aryl methyl sites for hydroxylation is 1. The van der Waals surface area contributed by atoms with Crippen molar-refractivity contribution in [2.24, 2.45) is 5.92 Å². The first-order valence-corrected chi connectivity index (χ1v) is 7.68. The third-order valence-electron chi connectivity index (χ3n) is 3.32. The Kier molecular flexibility index (Phi) is 5.11. The molecule has 2 rings (SSSR count). The molecule has 1 unspecified atom stereocenters. The molecule has 6 heteroatoms. The van der Waals surface area contributed by atoms with Crippen LogP contribution in [-0.4, -0.2) is 22.4 Å². The summed E-state index contributed by atoms with van der Waals surface area (Å²) < 4.78 is 15.1. The lowest BCUT2D eigenvalue weighted by molar-refractivity contribution is -0.170. The fraction of sp³-hybridized carbons (Fsp3) is 0.643. The van der Waals surface area contributed by atoms with Crippen molar-refractivity contribution < 1.29 is 19.1 Å². The van der Waals surface area contributed by atoms with Gasteiger partial charge in [0.05, 0.1) is 5.92 Å². The Bertz CT molecular complexity index is 475. The van der Waals surface area contributed by atoms with E-state index in [2.05, 4.69) is 4.37 Å². The zero-order chi connectivity index (χ0) is 14.5. The van der Waals surface area contributed by atoms with E-state index in [0.29, 0.717) is 38.0 Å². The van der Waals surface area contributed by atoms with Crippen LogP contribution in [0.5, 0.6) is 5.88 Å². The molecule has 1 aliphatic carbocycles. The maximum Gasteiger partial charge on any atom is 0.312 e. The van der Waals surface area contributed by atoms with Crippen molar-refractivity contribution in [1.29, 1.82) is 0 Å². The number of carbonyl (C=O) groups excluding carboxylic acids is 2. The van der Waals surface area contributed by atoms with Gasteiger partial charge in [0.25, 0.3) is 0 Å². The molecule has 1 fully saturated rings. The quantitative estimate of drug-likeness (QED) is 0.617. The predicted molar refractivity (Wildman–Crippen MR) is 74.6 cm³/mol. The van der Waals surface area contributed by atoms with Crippen LogP contribution < -0.4 is 4.74 Å². The second-order valence-corrected chi connectivity index (χ2v) is 5.99. The first kappa shape index (κ1) is 15.0. The number of hydrogen-bond donors (Lipinski definition) is 0. The van der Waals surface area contributed by atoms with Gasteiger partial charge in [-0.05, 0) is 31.3 Å². The molecule has 0 amide bonds. The van der Waals surface area contributed by atoms with Gasteiger partial charge < -0.3 is 9.47 Å². The summed E-state index contributed by atoms with van der Waals surface area (Å²) in [7, 11) is 0. The predicted octanol–water partition coefficient (Wildman–Crippen LogP) is 2.87. The third-order valence-corrected chi connectivity index (χ3v) is 3.99. The monoisotopic (exact) mass is 297 g/mol. The summed E-state index contributed by atoms with van der Waals surface area (Å²) in [5, 5.41) is 0. The highest BCUT2D eigenvalue weighted by Gasteiger charge is 2.28. The normalized spacial score (nSPS) is 17.8. The van der Waals surface area contributed by atoms with Crippen molar-refractivity contribution in [2.75, 3.05) is 0 Å². The molecular weight excluding hydrogens is 278 g/mol. The van der Waals surface area contributed by atoms with Gasteiger partial charge in [0, 0.05) is 30.2 Å². The highest BCUT2D eigenvalue weighted by molar-refractivity contribution is 7.05. The second kappa shape index (κ2) is 6.83. The molecule has 0 radical (unpaired) electrons. The van der Waals surface area contributed by atoms with Crippen molar-refractivity contribution in [1.82, 2.24) is 4.37 Å². The Morgan fingerprint density at radius 2 is 2.20 bits per heavy atom. The molecule has 1 aromatic rings. The number of esters is 1. The van der Waals surface area contributed by atoms with Crippen LogP contribution in [0.3, 0.4) is 0 Å². The van der Waals surface area contributed by atoms with Crippen LogP contribution in [0, 0.1) is 12.8 Å². The van der Waals surface area contributed by atoms with Gasteiger partial charge in [-0.3, -0.25) is 9.59 Å². The lowest BCUT2D eigenvalue weighted by Gasteiger charge is -2.22. The number of nitrogens with zero attached hydrogens (tertiary/aromatic N) is 1. The maximum absolute atomic E-state index is 12.0. The smallest absolute Gasteiger partial charge is 0.312 e. The summed E-state index contributed by atoms with van der Waals surface area (Å²) in [5.41, 5.74) is 0. The fourth-order valence-corrected chi connectivity index (χ4v) is 2.61. The molecule has 0 aliphatic heterocycles. The van der Waals surface area contributed by atoms with Crippen molar-refractivity contribution in [2.45, 2.75) is 52.2 Å². The summed E-state index contributed by atoms with van der Waals surface area (Å²) in [6.45, 7) is 3.83. The Morgan fingerprint density at radius 3 is 2.75 bits per heavy atom. The summed E-state index contributed by atoms with van der Waals surface area (Å²) in [4.78, 5) is 24.3. The van der Waals surface area contributed by atoms with Gasteiger partial charge in [-0.25, -0.2) is 0 Å². The molecule has 20 heavy (non-hydrogen) atoms. The van der Waals surface area contributed by atoms with E-state index in [1.54, 1.807) is 0 Å². The molecule has 0 spiro atoms. The summed E-state index contributed by atoms with van der Waals surface area (Å²) >= 11 is 1.35. The van der Waals surface area contributed by atoms with Gasteiger partial charge in [0.2, 0.25) is 12.2 Å². The molecule has 0 saturated heterocycles. The van der Waals surface area contributed by atoms with Gasteiger partial charge >= 0.3 is 5.97 Å². The molecular formula is C14H19NO4S. The van der Waals surface area contributed by atoms with Gasteiger partial charge in [-0.1, -0.05) is 6.92 Å². The van der Waals surface area contributed by atoms with Crippen molar-refractivity contribution in [3.05, 3.63) is 10.9 Å².